The van der Waals surface area contributed by atoms with Crippen molar-refractivity contribution in [1.29, 1.82) is 5.26 Å². The van der Waals surface area contributed by atoms with Gasteiger partial charge in [0.2, 0.25) is 0 Å². The summed E-state index contributed by atoms with van der Waals surface area (Å²) in [6.07, 6.45) is 7.68. The molecule has 0 bridgehead atoms. The van der Waals surface area contributed by atoms with Gasteiger partial charge in [-0.1, -0.05) is 6.42 Å². The van der Waals surface area contributed by atoms with Crippen LogP contribution in [0, 0.1) is 11.3 Å². The highest BCUT2D eigenvalue weighted by Gasteiger charge is 2.21. The average Bonchev–Trinajstić information content (AvgIpc) is 2.06. The van der Waals surface area contributed by atoms with E-state index in [1.54, 1.807) is 12.4 Å². The fraction of sp³-hybridized carbons (Fsp3) is 0.500. The first-order chi connectivity index (χ1) is 6.40. The van der Waals surface area contributed by atoms with Crippen LogP contribution in [0.25, 0.3) is 0 Å². The lowest BCUT2D eigenvalue weighted by atomic mass is 9.85. The topological polar surface area (TPSA) is 49.6 Å². The molecule has 1 heterocycles. The van der Waals surface area contributed by atoms with Gasteiger partial charge in [0.05, 0.1) is 12.5 Å². The van der Waals surface area contributed by atoms with Gasteiger partial charge >= 0.3 is 0 Å². The minimum Gasteiger partial charge on any atom is -0.241 e. The lowest BCUT2D eigenvalue weighted by Crippen LogP contribution is -2.12. The normalized spacial score (nSPS) is 16.2. The summed E-state index contributed by atoms with van der Waals surface area (Å²) in [6.45, 7) is 0. The van der Waals surface area contributed by atoms with Crippen molar-refractivity contribution in [2.45, 2.75) is 31.6 Å². The molecule has 1 aromatic heterocycles. The molecule has 0 aliphatic heterocycles. The summed E-state index contributed by atoms with van der Waals surface area (Å²) < 4.78 is 0. The summed E-state index contributed by atoms with van der Waals surface area (Å²) in [6, 6.07) is 2.08. The highest BCUT2D eigenvalue weighted by atomic mass is 14.9. The quantitative estimate of drug-likeness (QED) is 0.685. The predicted molar refractivity (Wildman–Crippen MR) is 47.9 cm³/mol. The summed E-state index contributed by atoms with van der Waals surface area (Å²) in [5.41, 5.74) is 0.908. The van der Waals surface area contributed by atoms with Crippen molar-refractivity contribution in [3.05, 3.63) is 23.8 Å². The third-order valence-corrected chi connectivity index (χ3v) is 2.48. The van der Waals surface area contributed by atoms with Crippen LogP contribution in [-0.4, -0.2) is 9.97 Å². The van der Waals surface area contributed by atoms with Gasteiger partial charge in [-0.2, -0.15) is 5.26 Å². The molecule has 1 aromatic rings. The fourth-order valence-corrected chi connectivity index (χ4v) is 1.42. The van der Waals surface area contributed by atoms with Crippen molar-refractivity contribution in [3.8, 4) is 6.07 Å². The molecule has 3 nitrogen and oxygen atoms in total. The van der Waals surface area contributed by atoms with Crippen molar-refractivity contribution in [2.75, 3.05) is 0 Å². The molecular weight excluding hydrogens is 162 g/mol. The molecule has 0 radical (unpaired) electrons. The Kier molecular flexibility index (Phi) is 2.22. The maximum Gasteiger partial charge on any atom is 0.131 e. The highest BCUT2D eigenvalue weighted by Crippen LogP contribution is 2.33. The fourth-order valence-electron chi connectivity index (χ4n) is 1.42. The summed E-state index contributed by atoms with van der Waals surface area (Å²) in [4.78, 5) is 8.51. The molecule has 1 saturated carbocycles. The van der Waals surface area contributed by atoms with E-state index in [1.165, 1.54) is 19.3 Å². The molecule has 0 saturated heterocycles. The highest BCUT2D eigenvalue weighted by molar-refractivity contribution is 5.12. The molecule has 0 aromatic carbocycles. The van der Waals surface area contributed by atoms with E-state index in [2.05, 4.69) is 16.0 Å². The zero-order valence-corrected chi connectivity index (χ0v) is 7.40. The van der Waals surface area contributed by atoms with E-state index in [1.807, 2.05) is 0 Å². The van der Waals surface area contributed by atoms with Crippen molar-refractivity contribution >= 4 is 0 Å². The molecule has 66 valence electrons. The van der Waals surface area contributed by atoms with Crippen LogP contribution in [0.2, 0.25) is 0 Å². The van der Waals surface area contributed by atoms with Gasteiger partial charge in [-0.3, -0.25) is 0 Å². The number of hydrogen-bond donors (Lipinski definition) is 0. The molecule has 2 rings (SSSR count). The Morgan fingerprint density at radius 3 is 2.54 bits per heavy atom. The van der Waals surface area contributed by atoms with Crippen molar-refractivity contribution < 1.29 is 0 Å². The number of hydrogen-bond acceptors (Lipinski definition) is 3. The standard InChI is InChI=1S/C10H11N3/c11-5-4-8-6-12-10(13-7-8)9-2-1-3-9/h6-7,9H,1-4H2. The van der Waals surface area contributed by atoms with Crippen molar-refractivity contribution in [3.63, 3.8) is 0 Å². The lowest BCUT2D eigenvalue weighted by molar-refractivity contribution is 0.401. The van der Waals surface area contributed by atoms with Gasteiger partial charge in [0.1, 0.15) is 5.82 Å². The molecule has 3 heteroatoms. The molecule has 1 aliphatic rings. The Morgan fingerprint density at radius 2 is 2.08 bits per heavy atom. The van der Waals surface area contributed by atoms with Crippen LogP contribution in [-0.2, 0) is 6.42 Å². The first-order valence-electron chi connectivity index (χ1n) is 4.58. The molecule has 0 N–H and O–H groups in total. The summed E-state index contributed by atoms with van der Waals surface area (Å²) in [5.74, 6) is 1.53. The minimum absolute atomic E-state index is 0.408. The Balaban J connectivity index is 2.09. The van der Waals surface area contributed by atoms with E-state index in [0.29, 0.717) is 12.3 Å². The van der Waals surface area contributed by atoms with E-state index in [-0.39, 0.29) is 0 Å². The largest absolute Gasteiger partial charge is 0.241 e. The van der Waals surface area contributed by atoms with Crippen molar-refractivity contribution in [1.82, 2.24) is 9.97 Å². The number of nitriles is 1. The maximum absolute atomic E-state index is 8.45. The molecule has 13 heavy (non-hydrogen) atoms. The first kappa shape index (κ1) is 8.18. The first-order valence-corrected chi connectivity index (χ1v) is 4.58. The second-order valence-electron chi connectivity index (χ2n) is 3.41. The van der Waals surface area contributed by atoms with E-state index in [0.717, 1.165) is 11.4 Å². The van der Waals surface area contributed by atoms with Gasteiger partial charge < -0.3 is 0 Å². The summed E-state index contributed by atoms with van der Waals surface area (Å²) in [7, 11) is 0. The van der Waals surface area contributed by atoms with Crippen LogP contribution < -0.4 is 0 Å². The molecular formula is C10H11N3. The average molecular weight is 173 g/mol. The predicted octanol–water partition coefficient (Wildman–Crippen LogP) is 1.81. The third-order valence-electron chi connectivity index (χ3n) is 2.48. The number of rotatable bonds is 2. The van der Waals surface area contributed by atoms with Crippen LogP contribution in [0.4, 0.5) is 0 Å². The van der Waals surface area contributed by atoms with E-state index < -0.39 is 0 Å². The van der Waals surface area contributed by atoms with E-state index in [9.17, 15) is 0 Å². The Morgan fingerprint density at radius 1 is 1.38 bits per heavy atom. The molecule has 0 amide bonds. The third kappa shape index (κ3) is 1.67. The molecule has 1 fully saturated rings. The zero-order chi connectivity index (χ0) is 9.10. The summed E-state index contributed by atoms with van der Waals surface area (Å²) in [5, 5.41) is 8.45. The zero-order valence-electron chi connectivity index (χ0n) is 7.40. The number of aromatic nitrogens is 2. The number of nitrogens with zero attached hydrogens (tertiary/aromatic N) is 3. The van der Waals surface area contributed by atoms with Gasteiger partial charge in [-0.15, -0.1) is 0 Å². The second-order valence-corrected chi connectivity index (χ2v) is 3.41. The van der Waals surface area contributed by atoms with E-state index in [4.69, 9.17) is 5.26 Å². The second kappa shape index (κ2) is 3.53. The van der Waals surface area contributed by atoms with Crippen LogP contribution in [0.15, 0.2) is 12.4 Å². The van der Waals surface area contributed by atoms with Gasteiger partial charge in [-0.05, 0) is 12.8 Å². The SMILES string of the molecule is N#CCc1cnc(C2CCC2)nc1. The van der Waals surface area contributed by atoms with Gasteiger partial charge in [0, 0.05) is 23.9 Å². The Hall–Kier alpha value is -1.43. The van der Waals surface area contributed by atoms with Crippen LogP contribution in [0.3, 0.4) is 0 Å². The Labute approximate surface area is 77.4 Å². The molecule has 0 atom stereocenters. The summed E-state index contributed by atoms with van der Waals surface area (Å²) >= 11 is 0. The van der Waals surface area contributed by atoms with Crippen LogP contribution in [0.1, 0.15) is 36.6 Å². The molecule has 0 spiro atoms. The molecule has 0 unspecified atom stereocenters. The van der Waals surface area contributed by atoms with Gasteiger partial charge in [0.25, 0.3) is 0 Å². The molecule has 1 aliphatic carbocycles. The monoisotopic (exact) mass is 173 g/mol. The minimum atomic E-state index is 0.408. The van der Waals surface area contributed by atoms with E-state index >= 15 is 0 Å². The van der Waals surface area contributed by atoms with Gasteiger partial charge in [-0.25, -0.2) is 9.97 Å². The lowest BCUT2D eigenvalue weighted by Gasteiger charge is -2.23. The smallest absolute Gasteiger partial charge is 0.131 e. The van der Waals surface area contributed by atoms with Crippen LogP contribution in [0.5, 0.6) is 0 Å². The maximum atomic E-state index is 8.45. The van der Waals surface area contributed by atoms with Crippen LogP contribution >= 0.6 is 0 Å². The van der Waals surface area contributed by atoms with Gasteiger partial charge in [0.15, 0.2) is 0 Å². The van der Waals surface area contributed by atoms with Crippen molar-refractivity contribution in [2.24, 2.45) is 0 Å². The Bertz CT molecular complexity index is 319.